The molecule has 0 unspecified atom stereocenters. The summed E-state index contributed by atoms with van der Waals surface area (Å²) in [4.78, 5) is 34.1. The van der Waals surface area contributed by atoms with Crippen LogP contribution in [0.2, 0.25) is 0 Å². The normalized spacial score (nSPS) is 11.0. The molecule has 0 aromatic carbocycles. The van der Waals surface area contributed by atoms with E-state index in [-0.39, 0.29) is 52.1 Å². The second-order valence-electron chi connectivity index (χ2n) is 6.13. The summed E-state index contributed by atoms with van der Waals surface area (Å²) in [6.07, 6.45) is 0. The Balaban J connectivity index is -0.00000288. The first-order valence-electron chi connectivity index (χ1n) is 8.65. The summed E-state index contributed by atoms with van der Waals surface area (Å²) in [7, 11) is 0. The van der Waals surface area contributed by atoms with Gasteiger partial charge in [-0.3, -0.25) is 14.4 Å². The number of carbonyl (C=O) groups is 3. The quantitative estimate of drug-likeness (QED) is 0.414. The monoisotopic (exact) mass is 364 g/mol. The van der Waals surface area contributed by atoms with Crippen molar-refractivity contribution in [1.82, 2.24) is 10.6 Å². The lowest BCUT2D eigenvalue weighted by Crippen LogP contribution is -2.33. The topological polar surface area (TPSA) is 103 Å². The molecule has 0 bridgehead atoms. The third kappa shape index (κ3) is 14.5. The van der Waals surface area contributed by atoms with E-state index in [1.54, 1.807) is 0 Å². The second-order valence-corrected chi connectivity index (χ2v) is 6.13. The number of hydrogen-bond donors (Lipinski definition) is 2. The number of ketones is 1. The van der Waals surface area contributed by atoms with Crippen LogP contribution in [-0.4, -0.2) is 70.3 Å². The van der Waals surface area contributed by atoms with Crippen LogP contribution in [0, 0.1) is 11.8 Å². The smallest absolute Gasteiger partial charge is 0.246 e. The van der Waals surface area contributed by atoms with Crippen molar-refractivity contribution < 1.29 is 31.4 Å². The number of hydrogen-bond acceptors (Lipinski definition) is 6. The van der Waals surface area contributed by atoms with Crippen LogP contribution < -0.4 is 10.6 Å². The van der Waals surface area contributed by atoms with Crippen molar-refractivity contribution in [2.45, 2.75) is 27.7 Å². The van der Waals surface area contributed by atoms with Gasteiger partial charge in [-0.05, 0) is 0 Å². The summed E-state index contributed by atoms with van der Waals surface area (Å²) in [5, 5.41) is 5.35. The predicted molar refractivity (Wildman–Crippen MR) is 97.4 cm³/mol. The van der Waals surface area contributed by atoms with Crippen molar-refractivity contribution in [1.29, 1.82) is 0 Å². The van der Waals surface area contributed by atoms with E-state index in [9.17, 15) is 14.4 Å². The standard InChI is InChI=1S/C17H32N2O6.2H2/c1-13(2)15(20)11-25-10-9-23-7-5-18-16(21)12-24-8-6-19-17(22)14(3)4;;/h13-14H,5-12H2,1-4H3,(H,18,21)(H,19,22);2*1H. The molecule has 0 saturated carbocycles. The highest BCUT2D eigenvalue weighted by atomic mass is 16.5. The van der Waals surface area contributed by atoms with E-state index in [1.807, 2.05) is 27.7 Å². The van der Waals surface area contributed by atoms with E-state index in [4.69, 9.17) is 14.2 Å². The first-order chi connectivity index (χ1) is 11.8. The summed E-state index contributed by atoms with van der Waals surface area (Å²) in [5.74, 6) is -0.300. The highest BCUT2D eigenvalue weighted by molar-refractivity contribution is 5.81. The van der Waals surface area contributed by atoms with Crippen LogP contribution >= 0.6 is 0 Å². The summed E-state index contributed by atoms with van der Waals surface area (Å²) < 4.78 is 15.6. The fraction of sp³-hybridized carbons (Fsp3) is 0.824. The van der Waals surface area contributed by atoms with Gasteiger partial charge >= 0.3 is 0 Å². The van der Waals surface area contributed by atoms with Gasteiger partial charge in [0.15, 0.2) is 5.78 Å². The number of carbonyl (C=O) groups excluding carboxylic acids is 3. The third-order valence-corrected chi connectivity index (χ3v) is 3.13. The van der Waals surface area contributed by atoms with Gasteiger partial charge in [0, 0.05) is 27.8 Å². The van der Waals surface area contributed by atoms with Crippen LogP contribution in [0.5, 0.6) is 0 Å². The molecular weight excluding hydrogens is 328 g/mol. The Hall–Kier alpha value is -1.51. The molecule has 0 atom stereocenters. The maximum atomic E-state index is 11.5. The van der Waals surface area contributed by atoms with Gasteiger partial charge in [-0.2, -0.15) is 0 Å². The van der Waals surface area contributed by atoms with Gasteiger partial charge in [0.05, 0.1) is 26.4 Å². The Labute approximate surface area is 152 Å². The maximum absolute atomic E-state index is 11.5. The summed E-state index contributed by atoms with van der Waals surface area (Å²) >= 11 is 0. The Morgan fingerprint density at radius 1 is 0.760 bits per heavy atom. The van der Waals surface area contributed by atoms with Gasteiger partial charge in [-0.15, -0.1) is 0 Å². The molecule has 8 heteroatoms. The predicted octanol–water partition coefficient (Wildman–Crippen LogP) is 0.642. The lowest BCUT2D eigenvalue weighted by Gasteiger charge is -2.09. The highest BCUT2D eigenvalue weighted by Gasteiger charge is 2.07. The molecule has 0 aromatic heterocycles. The number of ether oxygens (including phenoxy) is 3. The van der Waals surface area contributed by atoms with E-state index in [0.29, 0.717) is 32.9 Å². The van der Waals surface area contributed by atoms with E-state index in [0.717, 1.165) is 0 Å². The van der Waals surface area contributed by atoms with Crippen LogP contribution in [0.1, 0.15) is 30.5 Å². The SMILES string of the molecule is CC(C)C(=O)COCCOCCNC(=O)COCCNC(=O)C(C)C.[HH].[HH]. The van der Waals surface area contributed by atoms with Crippen molar-refractivity contribution in [3.63, 3.8) is 0 Å². The summed E-state index contributed by atoms with van der Waals surface area (Å²) in [6.45, 7) is 9.44. The molecule has 0 spiro atoms. The number of rotatable bonds is 15. The minimum Gasteiger partial charge on any atom is -0.377 e. The largest absolute Gasteiger partial charge is 0.377 e. The van der Waals surface area contributed by atoms with Gasteiger partial charge in [0.25, 0.3) is 0 Å². The summed E-state index contributed by atoms with van der Waals surface area (Å²) in [5.41, 5.74) is 0. The zero-order valence-electron chi connectivity index (χ0n) is 15.8. The van der Waals surface area contributed by atoms with Crippen LogP contribution in [0.25, 0.3) is 0 Å². The molecule has 150 valence electrons. The fourth-order valence-electron chi connectivity index (χ4n) is 1.49. The van der Waals surface area contributed by atoms with Gasteiger partial charge in [-0.1, -0.05) is 27.7 Å². The van der Waals surface area contributed by atoms with Crippen molar-refractivity contribution in [2.24, 2.45) is 11.8 Å². The number of Topliss-reactive ketones (excluding diaryl/α,β-unsaturated/α-hetero) is 1. The Bertz CT molecular complexity index is 409. The molecule has 0 aliphatic heterocycles. The molecular formula is C17H36N2O6. The summed E-state index contributed by atoms with van der Waals surface area (Å²) in [6, 6.07) is 0. The zero-order valence-corrected chi connectivity index (χ0v) is 15.8. The molecule has 2 amide bonds. The Morgan fingerprint density at radius 2 is 1.32 bits per heavy atom. The zero-order chi connectivity index (χ0) is 19.1. The highest BCUT2D eigenvalue weighted by Crippen LogP contribution is 1.94. The molecule has 8 nitrogen and oxygen atoms in total. The molecule has 0 aromatic rings. The van der Waals surface area contributed by atoms with Crippen LogP contribution in [0.3, 0.4) is 0 Å². The number of amides is 2. The molecule has 0 rings (SSSR count). The maximum Gasteiger partial charge on any atom is 0.246 e. The molecule has 0 heterocycles. The first kappa shape index (κ1) is 23.5. The van der Waals surface area contributed by atoms with Gasteiger partial charge in [-0.25, -0.2) is 0 Å². The number of nitrogens with one attached hydrogen (secondary N) is 2. The first-order valence-corrected chi connectivity index (χ1v) is 8.65. The fourth-order valence-corrected chi connectivity index (χ4v) is 1.49. The Kier molecular flexibility index (Phi) is 13.9. The van der Waals surface area contributed by atoms with E-state index < -0.39 is 0 Å². The third-order valence-electron chi connectivity index (χ3n) is 3.13. The molecule has 0 aliphatic carbocycles. The molecule has 25 heavy (non-hydrogen) atoms. The average molecular weight is 364 g/mol. The second kappa shape index (κ2) is 14.8. The molecule has 0 radical (unpaired) electrons. The lowest BCUT2D eigenvalue weighted by molar-refractivity contribution is -0.128. The van der Waals surface area contributed by atoms with E-state index >= 15 is 0 Å². The average Bonchev–Trinajstić information content (AvgIpc) is 2.56. The lowest BCUT2D eigenvalue weighted by atomic mass is 10.1. The van der Waals surface area contributed by atoms with Crippen molar-refractivity contribution in [2.75, 3.05) is 52.7 Å². The van der Waals surface area contributed by atoms with E-state index in [1.165, 1.54) is 0 Å². The van der Waals surface area contributed by atoms with Crippen LogP contribution in [-0.2, 0) is 28.6 Å². The van der Waals surface area contributed by atoms with Crippen molar-refractivity contribution in [3.8, 4) is 0 Å². The van der Waals surface area contributed by atoms with Crippen LogP contribution in [0.4, 0.5) is 0 Å². The van der Waals surface area contributed by atoms with Crippen molar-refractivity contribution in [3.05, 3.63) is 0 Å². The van der Waals surface area contributed by atoms with Gasteiger partial charge in [0.2, 0.25) is 11.8 Å². The molecule has 0 saturated heterocycles. The molecule has 0 aliphatic rings. The van der Waals surface area contributed by atoms with E-state index in [2.05, 4.69) is 10.6 Å². The minimum absolute atomic E-state index is 0. The Morgan fingerprint density at radius 3 is 1.96 bits per heavy atom. The van der Waals surface area contributed by atoms with Crippen molar-refractivity contribution >= 4 is 17.6 Å². The van der Waals surface area contributed by atoms with Gasteiger partial charge in [0.1, 0.15) is 13.2 Å². The van der Waals surface area contributed by atoms with Gasteiger partial charge < -0.3 is 24.8 Å². The molecule has 0 fully saturated rings. The molecule has 2 N–H and O–H groups in total. The minimum atomic E-state index is -0.238. The van der Waals surface area contributed by atoms with Crippen LogP contribution in [0.15, 0.2) is 0 Å².